The first-order valence-corrected chi connectivity index (χ1v) is 11.6. The third-order valence-electron chi connectivity index (χ3n) is 7.32. The van der Waals surface area contributed by atoms with Crippen LogP contribution in [0.1, 0.15) is 51.9 Å². The molecule has 1 saturated heterocycles. The first-order valence-electron chi connectivity index (χ1n) is 11.6. The van der Waals surface area contributed by atoms with Crippen LogP contribution in [0, 0.1) is 11.8 Å². The highest BCUT2D eigenvalue weighted by molar-refractivity contribution is 6.58. The van der Waals surface area contributed by atoms with Crippen LogP contribution in [0.5, 0.6) is 0 Å². The summed E-state index contributed by atoms with van der Waals surface area (Å²) >= 11 is 0. The van der Waals surface area contributed by atoms with Gasteiger partial charge in [-0.05, 0) is 51.1 Å². The molecular formula is C23H38B3NO2. The second-order valence-corrected chi connectivity index (χ2v) is 9.27. The fourth-order valence-electron chi connectivity index (χ4n) is 5.17. The summed E-state index contributed by atoms with van der Waals surface area (Å²) in [5.74, 6) is 1.91. The Morgan fingerprint density at radius 2 is 1.69 bits per heavy atom. The number of hydrogen-bond acceptors (Lipinski definition) is 3. The van der Waals surface area contributed by atoms with Crippen molar-refractivity contribution >= 4 is 35.0 Å². The van der Waals surface area contributed by atoms with E-state index in [9.17, 15) is 9.59 Å². The lowest BCUT2D eigenvalue weighted by Crippen LogP contribution is -2.49. The van der Waals surface area contributed by atoms with Crippen LogP contribution in [0.4, 0.5) is 0 Å². The van der Waals surface area contributed by atoms with Crippen molar-refractivity contribution in [3.05, 3.63) is 36.5 Å². The number of nitrogens with zero attached hydrogens (tertiary/aromatic N) is 1. The molecule has 0 bridgehead atoms. The number of carbonyl (C=O) groups excluding carboxylic acids is 2. The van der Waals surface area contributed by atoms with E-state index >= 15 is 0 Å². The molecule has 3 unspecified atom stereocenters. The molecule has 0 aromatic heterocycles. The van der Waals surface area contributed by atoms with E-state index in [-0.39, 0.29) is 17.9 Å². The Balaban J connectivity index is 2.08. The van der Waals surface area contributed by atoms with Gasteiger partial charge in [0.2, 0.25) is 0 Å². The average Bonchev–Trinajstić information content (AvgIpc) is 2.66. The molecule has 0 radical (unpaired) electrons. The van der Waals surface area contributed by atoms with E-state index in [1.807, 2.05) is 19.1 Å². The second-order valence-electron chi connectivity index (χ2n) is 9.27. The third-order valence-corrected chi connectivity index (χ3v) is 7.32. The summed E-state index contributed by atoms with van der Waals surface area (Å²) in [6, 6.07) is 0.257. The van der Waals surface area contributed by atoms with Crippen molar-refractivity contribution in [2.45, 2.75) is 69.5 Å². The summed E-state index contributed by atoms with van der Waals surface area (Å²) in [6.07, 6.45) is 15.2. The molecule has 29 heavy (non-hydrogen) atoms. The van der Waals surface area contributed by atoms with Crippen molar-refractivity contribution in [2.75, 3.05) is 13.1 Å². The van der Waals surface area contributed by atoms with Crippen LogP contribution in [0.2, 0.25) is 11.6 Å². The van der Waals surface area contributed by atoms with Crippen LogP contribution in [-0.2, 0) is 9.59 Å². The minimum atomic E-state index is 0.157. The molecule has 156 valence electrons. The zero-order valence-corrected chi connectivity index (χ0v) is 19.0. The maximum atomic E-state index is 13.2. The van der Waals surface area contributed by atoms with Gasteiger partial charge < -0.3 is 4.79 Å². The first-order chi connectivity index (χ1) is 13.9. The Bertz CT molecular complexity index is 636. The summed E-state index contributed by atoms with van der Waals surface area (Å²) in [4.78, 5) is 27.4. The highest BCUT2D eigenvalue weighted by atomic mass is 16.1. The minimum absolute atomic E-state index is 0.157. The number of Topliss-reactive ketones (excluding diaryl/α,β-unsaturated/α-hetero) is 1. The molecule has 2 fully saturated rings. The molecule has 2 aliphatic rings. The standard InChI is InChI=1S/C23H38B3NO2/c1-3-5-8-16(4-2)22-21(25)19(24)13-14-27(22)15-20(28)17-9-6-11-18(23(26)29)12-7-10-17/h3-5,8,17-19,21-22H,2,6-7,9-15,24-26H2,1H3/b5-3-,16-8+. The lowest BCUT2D eigenvalue weighted by molar-refractivity contribution is -0.125. The van der Waals surface area contributed by atoms with Crippen molar-refractivity contribution in [1.82, 2.24) is 4.90 Å². The number of likely N-dealkylation sites (tertiary alicyclic amines) is 1. The zero-order chi connectivity index (χ0) is 21.4. The smallest absolute Gasteiger partial charge is 0.187 e. The van der Waals surface area contributed by atoms with Gasteiger partial charge in [0, 0.05) is 17.9 Å². The number of allylic oxidation sites excluding steroid dienone is 3. The molecule has 6 heteroatoms. The van der Waals surface area contributed by atoms with E-state index in [1.54, 1.807) is 7.85 Å². The quantitative estimate of drug-likeness (QED) is 0.490. The van der Waals surface area contributed by atoms with Gasteiger partial charge in [-0.25, -0.2) is 0 Å². The van der Waals surface area contributed by atoms with Crippen molar-refractivity contribution in [3.8, 4) is 0 Å². The predicted molar refractivity (Wildman–Crippen MR) is 131 cm³/mol. The molecule has 0 amide bonds. The largest absolute Gasteiger partial charge is 0.312 e. The van der Waals surface area contributed by atoms with Crippen LogP contribution in [-0.4, -0.2) is 59.0 Å². The molecule has 2 rings (SSSR count). The molecule has 1 aliphatic heterocycles. The van der Waals surface area contributed by atoms with Gasteiger partial charge in [-0.15, -0.1) is 0 Å². The summed E-state index contributed by atoms with van der Waals surface area (Å²) in [7, 11) is 6.36. The van der Waals surface area contributed by atoms with Crippen molar-refractivity contribution in [1.29, 1.82) is 0 Å². The summed E-state index contributed by atoms with van der Waals surface area (Å²) in [6.45, 7) is 7.60. The zero-order valence-electron chi connectivity index (χ0n) is 19.0. The molecule has 0 N–H and O–H groups in total. The highest BCUT2D eigenvalue weighted by Crippen LogP contribution is 2.38. The van der Waals surface area contributed by atoms with Crippen LogP contribution in [0.25, 0.3) is 0 Å². The van der Waals surface area contributed by atoms with Gasteiger partial charge in [0.25, 0.3) is 0 Å². The minimum Gasteiger partial charge on any atom is -0.312 e. The van der Waals surface area contributed by atoms with Crippen LogP contribution < -0.4 is 0 Å². The topological polar surface area (TPSA) is 37.4 Å². The molecule has 1 aliphatic carbocycles. The molecule has 0 aromatic carbocycles. The van der Waals surface area contributed by atoms with Crippen LogP contribution in [0.15, 0.2) is 36.5 Å². The molecule has 3 atom stereocenters. The average molecular weight is 393 g/mol. The summed E-state index contributed by atoms with van der Waals surface area (Å²) < 4.78 is 0. The molecular weight excluding hydrogens is 355 g/mol. The molecule has 0 aromatic rings. The Morgan fingerprint density at radius 1 is 1.07 bits per heavy atom. The van der Waals surface area contributed by atoms with Gasteiger partial charge in [0.15, 0.2) is 7.85 Å². The summed E-state index contributed by atoms with van der Waals surface area (Å²) in [5, 5.41) is 0. The monoisotopic (exact) mass is 393 g/mol. The second kappa shape index (κ2) is 11.8. The lowest BCUT2D eigenvalue weighted by Gasteiger charge is -2.44. The molecule has 0 spiro atoms. The number of piperidine rings is 1. The van der Waals surface area contributed by atoms with Gasteiger partial charge >= 0.3 is 0 Å². The van der Waals surface area contributed by atoms with Crippen molar-refractivity contribution in [3.63, 3.8) is 0 Å². The van der Waals surface area contributed by atoms with E-state index < -0.39 is 0 Å². The van der Waals surface area contributed by atoms with Gasteiger partial charge in [-0.2, -0.15) is 0 Å². The van der Waals surface area contributed by atoms with Gasteiger partial charge in [-0.1, -0.05) is 55.4 Å². The van der Waals surface area contributed by atoms with E-state index in [0.29, 0.717) is 29.6 Å². The molecule has 1 saturated carbocycles. The fraction of sp³-hybridized carbons (Fsp3) is 0.652. The Labute approximate surface area is 180 Å². The van der Waals surface area contributed by atoms with Crippen LogP contribution in [0.3, 0.4) is 0 Å². The normalized spacial score (nSPS) is 32.4. The van der Waals surface area contributed by atoms with Gasteiger partial charge in [-0.3, -0.25) is 9.69 Å². The van der Waals surface area contributed by atoms with Crippen LogP contribution >= 0.6 is 0 Å². The number of hydrogen-bond donors (Lipinski definition) is 0. The van der Waals surface area contributed by atoms with Gasteiger partial charge in [0.1, 0.15) is 21.5 Å². The maximum Gasteiger partial charge on any atom is 0.187 e. The Hall–Kier alpha value is -1.29. The van der Waals surface area contributed by atoms with E-state index in [0.717, 1.165) is 51.5 Å². The van der Waals surface area contributed by atoms with Crippen molar-refractivity contribution < 1.29 is 9.59 Å². The number of ketones is 1. The van der Waals surface area contributed by atoms with Gasteiger partial charge in [0.05, 0.1) is 12.2 Å². The fourth-order valence-corrected chi connectivity index (χ4v) is 5.17. The predicted octanol–water partition coefficient (Wildman–Crippen LogP) is 1.91. The third kappa shape index (κ3) is 6.60. The molecule has 1 heterocycles. The summed E-state index contributed by atoms with van der Waals surface area (Å²) in [5.41, 5.74) is 1.54. The highest BCUT2D eigenvalue weighted by Gasteiger charge is 2.36. The lowest BCUT2D eigenvalue weighted by atomic mass is 9.58. The van der Waals surface area contributed by atoms with E-state index in [1.165, 1.54) is 5.57 Å². The first kappa shape index (κ1) is 24.0. The Morgan fingerprint density at radius 3 is 2.24 bits per heavy atom. The molecule has 3 nitrogen and oxygen atoms in total. The Kier molecular flexibility index (Phi) is 9.75. The number of carbonyl (C=O) groups is 2. The SMILES string of the molecule is BC(=O)C1CCCC(C(=O)CN2CCC(B)C(B)C2/C(C=C)=C/C=C\C)CCC1. The van der Waals surface area contributed by atoms with E-state index in [4.69, 9.17) is 0 Å². The maximum absolute atomic E-state index is 13.2. The number of rotatable bonds is 7. The van der Waals surface area contributed by atoms with Crippen molar-refractivity contribution in [2.24, 2.45) is 11.8 Å². The van der Waals surface area contributed by atoms with E-state index in [2.05, 4.69) is 39.3 Å².